The summed E-state index contributed by atoms with van der Waals surface area (Å²) in [6, 6.07) is 2.96. The Hall–Kier alpha value is -3.91. The van der Waals surface area contributed by atoms with Crippen molar-refractivity contribution in [2.45, 2.75) is 24.9 Å². The number of hydrogen-bond acceptors (Lipinski definition) is 9. The molecule has 2 atom stereocenters. The Morgan fingerprint density at radius 1 is 1.42 bits per heavy atom. The van der Waals surface area contributed by atoms with Gasteiger partial charge in [-0.2, -0.15) is 4.57 Å². The van der Waals surface area contributed by atoms with E-state index < -0.39 is 29.2 Å². The smallest absolute Gasteiger partial charge is 0.352 e. The van der Waals surface area contributed by atoms with Crippen molar-refractivity contribution in [3.8, 4) is 0 Å². The lowest BCUT2D eigenvalue weighted by Gasteiger charge is -2.49. The van der Waals surface area contributed by atoms with Gasteiger partial charge in [-0.25, -0.2) is 9.78 Å². The summed E-state index contributed by atoms with van der Waals surface area (Å²) in [4.78, 5) is 48.6. The summed E-state index contributed by atoms with van der Waals surface area (Å²) in [5.74, 6) is -1.95. The lowest BCUT2D eigenvalue weighted by molar-refractivity contribution is -0.688. The lowest BCUT2D eigenvalue weighted by Crippen LogP contribution is -2.71. The molecular formula is C22H22N7O5S2+. The zero-order chi connectivity index (χ0) is 25.4. The molecule has 1 fully saturated rings. The number of nitrogens with zero attached hydrogens (tertiary/aromatic N) is 5. The number of β-lactam (4-membered cyclic amide) rings is 1. The van der Waals surface area contributed by atoms with Crippen LogP contribution in [-0.4, -0.2) is 66.7 Å². The fourth-order valence-electron chi connectivity index (χ4n) is 4.09. The highest BCUT2D eigenvalue weighted by Crippen LogP contribution is 2.40. The van der Waals surface area contributed by atoms with Gasteiger partial charge in [-0.15, -0.1) is 23.1 Å². The summed E-state index contributed by atoms with van der Waals surface area (Å²) in [5.41, 5.74) is 7.33. The number of anilines is 1. The van der Waals surface area contributed by atoms with Gasteiger partial charge in [-0.3, -0.25) is 14.5 Å². The standard InChI is InChI=1S/C22H21N7O5S2/c1-2-34-26-15(14-11-36-22(23)24-14)18(30)25-16-19(31)29-17(21(32)33)12(10-35-20(16)29)8-27-6-7-28-5-3-4-13(28)9-27/h3-7,9,11,16,20H,2,8,10H2,1H3,(H3-,23,24,25,30,32,33)/p+1/b26-15-/t16-,20+/m1/s1. The zero-order valence-electron chi connectivity index (χ0n) is 19.0. The number of nitrogens with one attached hydrogen (secondary N) is 1. The molecule has 0 unspecified atom stereocenters. The molecule has 2 aliphatic rings. The van der Waals surface area contributed by atoms with Gasteiger partial charge in [0.2, 0.25) is 0 Å². The van der Waals surface area contributed by atoms with Crippen molar-refractivity contribution in [2.75, 3.05) is 18.1 Å². The molecule has 0 aliphatic carbocycles. The number of fused-ring (bicyclic) bond motifs is 2. The third-order valence-electron chi connectivity index (χ3n) is 5.70. The highest BCUT2D eigenvalue weighted by Gasteiger charge is 2.54. The zero-order valence-corrected chi connectivity index (χ0v) is 20.7. The van der Waals surface area contributed by atoms with Gasteiger partial charge in [-0.1, -0.05) is 5.16 Å². The third kappa shape index (κ3) is 4.28. The summed E-state index contributed by atoms with van der Waals surface area (Å²) in [6.07, 6.45) is 7.56. The number of oxime groups is 1. The number of thioether (sulfide) groups is 1. The van der Waals surface area contributed by atoms with E-state index in [9.17, 15) is 19.5 Å². The van der Waals surface area contributed by atoms with Crippen LogP contribution >= 0.6 is 23.1 Å². The van der Waals surface area contributed by atoms with Crippen LogP contribution in [0, 0.1) is 0 Å². The second-order valence-electron chi connectivity index (χ2n) is 7.99. The first-order valence-corrected chi connectivity index (χ1v) is 12.9. The van der Waals surface area contributed by atoms with E-state index in [4.69, 9.17) is 10.6 Å². The van der Waals surface area contributed by atoms with E-state index >= 15 is 0 Å². The van der Waals surface area contributed by atoms with Crippen LogP contribution in [0.5, 0.6) is 0 Å². The maximum atomic E-state index is 13.0. The third-order valence-corrected chi connectivity index (χ3v) is 7.72. The van der Waals surface area contributed by atoms with E-state index in [2.05, 4.69) is 15.5 Å². The summed E-state index contributed by atoms with van der Waals surface area (Å²) in [7, 11) is 0. The highest BCUT2D eigenvalue weighted by molar-refractivity contribution is 8.00. The van der Waals surface area contributed by atoms with Crippen molar-refractivity contribution >= 4 is 57.2 Å². The summed E-state index contributed by atoms with van der Waals surface area (Å²) in [5, 5.41) is 17.7. The first kappa shape index (κ1) is 23.8. The van der Waals surface area contributed by atoms with Gasteiger partial charge in [0.25, 0.3) is 11.8 Å². The van der Waals surface area contributed by atoms with E-state index in [-0.39, 0.29) is 28.8 Å². The molecule has 12 nitrogen and oxygen atoms in total. The Kier molecular flexibility index (Phi) is 6.36. The first-order valence-electron chi connectivity index (χ1n) is 10.9. The molecule has 0 bridgehead atoms. The van der Waals surface area contributed by atoms with Crippen LogP contribution in [0.4, 0.5) is 5.13 Å². The van der Waals surface area contributed by atoms with Gasteiger partial charge in [0.05, 0.1) is 6.20 Å². The predicted molar refractivity (Wildman–Crippen MR) is 132 cm³/mol. The fraction of sp³-hybridized carbons (Fsp3) is 0.273. The molecule has 5 rings (SSSR count). The largest absolute Gasteiger partial charge is 0.477 e. The van der Waals surface area contributed by atoms with E-state index in [1.807, 2.05) is 45.9 Å². The molecule has 2 amide bonds. The molecule has 0 saturated carbocycles. The second kappa shape index (κ2) is 9.62. The number of rotatable bonds is 8. The number of nitrogens with two attached hydrogens (primary N) is 1. The van der Waals surface area contributed by atoms with Gasteiger partial charge < -0.3 is 25.4 Å². The monoisotopic (exact) mass is 528 g/mol. The minimum atomic E-state index is -1.19. The van der Waals surface area contributed by atoms with E-state index in [0.717, 1.165) is 16.9 Å². The maximum absolute atomic E-state index is 13.0. The molecule has 14 heteroatoms. The Bertz CT molecular complexity index is 1430. The number of thiazole rings is 1. The molecule has 186 valence electrons. The number of carbonyl (C=O) groups is 3. The van der Waals surface area contributed by atoms with Crippen LogP contribution in [-0.2, 0) is 25.8 Å². The first-order chi connectivity index (χ1) is 17.4. The Morgan fingerprint density at radius 2 is 2.25 bits per heavy atom. The van der Waals surface area contributed by atoms with Gasteiger partial charge in [0, 0.05) is 22.9 Å². The van der Waals surface area contributed by atoms with Gasteiger partial charge in [-0.05, 0) is 19.1 Å². The van der Waals surface area contributed by atoms with E-state index in [1.165, 1.54) is 16.7 Å². The van der Waals surface area contributed by atoms with Crippen molar-refractivity contribution in [1.82, 2.24) is 19.6 Å². The summed E-state index contributed by atoms with van der Waals surface area (Å²) in [6.45, 7) is 2.27. The summed E-state index contributed by atoms with van der Waals surface area (Å²) >= 11 is 2.54. The Labute approximate surface area is 213 Å². The predicted octanol–water partition coefficient (Wildman–Crippen LogP) is 0.445. The maximum Gasteiger partial charge on any atom is 0.352 e. The molecule has 36 heavy (non-hydrogen) atoms. The highest BCUT2D eigenvalue weighted by atomic mass is 32.2. The Morgan fingerprint density at radius 3 is 2.97 bits per heavy atom. The minimum Gasteiger partial charge on any atom is -0.477 e. The van der Waals surface area contributed by atoms with Crippen LogP contribution in [0.1, 0.15) is 12.6 Å². The average molecular weight is 529 g/mol. The number of carbonyl (C=O) groups excluding carboxylic acids is 2. The molecule has 3 aromatic heterocycles. The molecule has 0 radical (unpaired) electrons. The molecule has 1 saturated heterocycles. The van der Waals surface area contributed by atoms with Crippen molar-refractivity contribution in [2.24, 2.45) is 5.16 Å². The van der Waals surface area contributed by atoms with Crippen molar-refractivity contribution in [3.63, 3.8) is 0 Å². The lowest BCUT2D eigenvalue weighted by atomic mass is 10.0. The molecule has 4 N–H and O–H groups in total. The number of carboxylic acids is 1. The van der Waals surface area contributed by atoms with Crippen molar-refractivity contribution in [3.05, 3.63) is 59.3 Å². The van der Waals surface area contributed by atoms with E-state index in [0.29, 0.717) is 17.9 Å². The molecule has 3 aromatic rings. The number of aliphatic carboxylic acids is 1. The van der Waals surface area contributed by atoms with Crippen LogP contribution in [0.15, 0.2) is 58.7 Å². The number of nitrogen functional groups attached to an aromatic ring is 1. The van der Waals surface area contributed by atoms with Gasteiger partial charge in [0.1, 0.15) is 34.9 Å². The van der Waals surface area contributed by atoms with Crippen molar-refractivity contribution in [1.29, 1.82) is 0 Å². The van der Waals surface area contributed by atoms with Crippen LogP contribution in [0.2, 0.25) is 0 Å². The molecule has 5 heterocycles. The van der Waals surface area contributed by atoms with Crippen molar-refractivity contribution < 1.29 is 28.9 Å². The second-order valence-corrected chi connectivity index (χ2v) is 9.98. The molecule has 0 aromatic carbocycles. The quantitative estimate of drug-likeness (QED) is 0.165. The van der Waals surface area contributed by atoms with Gasteiger partial charge >= 0.3 is 5.97 Å². The number of amides is 2. The van der Waals surface area contributed by atoms with Crippen LogP contribution in [0.25, 0.3) is 5.52 Å². The fourth-order valence-corrected chi connectivity index (χ4v) is 5.97. The number of carboxylic acid groups (broad SMARTS) is 1. The molecule has 2 aliphatic heterocycles. The average Bonchev–Trinajstić information content (AvgIpc) is 3.50. The van der Waals surface area contributed by atoms with E-state index in [1.54, 1.807) is 12.3 Å². The Balaban J connectivity index is 1.35. The SMILES string of the molecule is CCO/N=C(\C(=O)N[C@@H]1C(=O)N2C(C(=O)O)=C(C[n+]3ccn4cccc4c3)CS[C@@H]12)c1csc(N)n1. The molecule has 0 spiro atoms. The summed E-state index contributed by atoms with van der Waals surface area (Å²) < 4.78 is 3.83. The van der Waals surface area contributed by atoms with Gasteiger partial charge in [0.15, 0.2) is 29.8 Å². The molecular weight excluding hydrogens is 506 g/mol. The normalized spacial score (nSPS) is 19.8. The number of aromatic nitrogens is 3. The van der Waals surface area contributed by atoms with Crippen LogP contribution in [0.3, 0.4) is 0 Å². The minimum absolute atomic E-state index is 0.0486. The topological polar surface area (TPSA) is 156 Å². The van der Waals surface area contributed by atoms with Crippen LogP contribution < -0.4 is 15.6 Å². The number of hydrogen-bond donors (Lipinski definition) is 3.